The average molecular weight is 296 g/mol. The highest BCUT2D eigenvalue weighted by molar-refractivity contribution is 9.10. The summed E-state index contributed by atoms with van der Waals surface area (Å²) >= 11 is 3.31. The van der Waals surface area contributed by atoms with Crippen molar-refractivity contribution in [3.05, 3.63) is 16.9 Å². The van der Waals surface area contributed by atoms with Gasteiger partial charge < -0.3 is 5.32 Å². The first-order valence-electron chi connectivity index (χ1n) is 5.61. The molecule has 0 aliphatic carbocycles. The van der Waals surface area contributed by atoms with E-state index in [0.717, 1.165) is 30.4 Å². The molecule has 6 heteroatoms. The van der Waals surface area contributed by atoms with E-state index in [1.165, 1.54) is 0 Å². The average Bonchev–Trinajstić information content (AvgIpc) is 2.35. The molecule has 1 aliphatic heterocycles. The topological polar surface area (TPSA) is 64.8 Å². The standard InChI is InChI=1S/C11H14BrN5/c12-9-7-14-11(15-8-9)16-10-1-4-17(5-2-10)6-3-13/h7-8,10H,1-2,4-6H2,(H,14,15,16). The highest BCUT2D eigenvalue weighted by atomic mass is 79.9. The third-order valence-electron chi connectivity index (χ3n) is 2.84. The second kappa shape index (κ2) is 5.94. The molecule has 1 N–H and O–H groups in total. The first-order chi connectivity index (χ1) is 8.28. The summed E-state index contributed by atoms with van der Waals surface area (Å²) in [6.45, 7) is 2.45. The van der Waals surface area contributed by atoms with Crippen LogP contribution in [0.5, 0.6) is 0 Å². The lowest BCUT2D eigenvalue weighted by molar-refractivity contribution is 0.242. The summed E-state index contributed by atoms with van der Waals surface area (Å²) in [4.78, 5) is 10.6. The van der Waals surface area contributed by atoms with E-state index in [0.29, 0.717) is 18.5 Å². The summed E-state index contributed by atoms with van der Waals surface area (Å²) in [5, 5.41) is 11.9. The van der Waals surface area contributed by atoms with Gasteiger partial charge in [-0.15, -0.1) is 0 Å². The number of piperidine rings is 1. The number of nitrogens with one attached hydrogen (secondary N) is 1. The van der Waals surface area contributed by atoms with Crippen molar-refractivity contribution < 1.29 is 0 Å². The van der Waals surface area contributed by atoms with E-state index < -0.39 is 0 Å². The van der Waals surface area contributed by atoms with Gasteiger partial charge in [0.25, 0.3) is 0 Å². The SMILES string of the molecule is N#CCN1CCC(Nc2ncc(Br)cn2)CC1. The second-order valence-electron chi connectivity index (χ2n) is 4.08. The van der Waals surface area contributed by atoms with Gasteiger partial charge in [0, 0.05) is 31.5 Å². The molecule has 1 aromatic heterocycles. The largest absolute Gasteiger partial charge is 0.351 e. The van der Waals surface area contributed by atoms with E-state index in [9.17, 15) is 0 Å². The van der Waals surface area contributed by atoms with E-state index in [4.69, 9.17) is 5.26 Å². The van der Waals surface area contributed by atoms with Gasteiger partial charge in [-0.25, -0.2) is 9.97 Å². The van der Waals surface area contributed by atoms with Crippen LogP contribution in [0.2, 0.25) is 0 Å². The number of hydrogen-bond acceptors (Lipinski definition) is 5. The fourth-order valence-electron chi connectivity index (χ4n) is 1.90. The second-order valence-corrected chi connectivity index (χ2v) is 4.99. The molecule has 0 atom stereocenters. The van der Waals surface area contributed by atoms with E-state index in [2.05, 4.69) is 42.2 Å². The van der Waals surface area contributed by atoms with Crippen LogP contribution in [0.1, 0.15) is 12.8 Å². The zero-order chi connectivity index (χ0) is 12.1. The number of likely N-dealkylation sites (tertiary alicyclic amines) is 1. The zero-order valence-electron chi connectivity index (χ0n) is 9.43. The van der Waals surface area contributed by atoms with Gasteiger partial charge in [-0.2, -0.15) is 5.26 Å². The molecule has 0 aromatic carbocycles. The first kappa shape index (κ1) is 12.3. The van der Waals surface area contributed by atoms with Gasteiger partial charge in [0.05, 0.1) is 17.1 Å². The lowest BCUT2D eigenvalue weighted by Crippen LogP contribution is -2.39. The van der Waals surface area contributed by atoms with E-state index in [1.54, 1.807) is 12.4 Å². The van der Waals surface area contributed by atoms with Crippen LogP contribution in [0.25, 0.3) is 0 Å². The van der Waals surface area contributed by atoms with Crippen LogP contribution in [0, 0.1) is 11.3 Å². The Labute approximate surface area is 109 Å². The summed E-state index contributed by atoms with van der Waals surface area (Å²) in [5.74, 6) is 0.673. The van der Waals surface area contributed by atoms with Crippen molar-refractivity contribution >= 4 is 21.9 Å². The van der Waals surface area contributed by atoms with Crippen LogP contribution in [-0.4, -0.2) is 40.5 Å². The first-order valence-corrected chi connectivity index (χ1v) is 6.40. The predicted octanol–water partition coefficient (Wildman–Crippen LogP) is 1.64. The molecule has 90 valence electrons. The van der Waals surface area contributed by atoms with E-state index in [-0.39, 0.29) is 0 Å². The molecule has 0 bridgehead atoms. The van der Waals surface area contributed by atoms with Crippen LogP contribution in [0.4, 0.5) is 5.95 Å². The molecular weight excluding hydrogens is 282 g/mol. The Kier molecular flexibility index (Phi) is 4.29. The zero-order valence-corrected chi connectivity index (χ0v) is 11.0. The molecule has 2 heterocycles. The predicted molar refractivity (Wildman–Crippen MR) is 68.4 cm³/mol. The summed E-state index contributed by atoms with van der Waals surface area (Å²) < 4.78 is 0.881. The minimum atomic E-state index is 0.408. The molecule has 0 spiro atoms. The van der Waals surface area contributed by atoms with Gasteiger partial charge in [-0.1, -0.05) is 0 Å². The quantitative estimate of drug-likeness (QED) is 0.859. The molecular formula is C11H14BrN5. The Morgan fingerprint density at radius 3 is 2.65 bits per heavy atom. The van der Waals surface area contributed by atoms with Gasteiger partial charge in [0.15, 0.2) is 0 Å². The normalized spacial score (nSPS) is 17.6. The number of nitriles is 1. The van der Waals surface area contributed by atoms with Gasteiger partial charge in [-0.3, -0.25) is 4.90 Å². The number of aromatic nitrogens is 2. The molecule has 1 saturated heterocycles. The molecule has 2 rings (SSSR count). The van der Waals surface area contributed by atoms with E-state index >= 15 is 0 Å². The molecule has 0 amide bonds. The Hall–Kier alpha value is -1.19. The Morgan fingerprint density at radius 2 is 2.06 bits per heavy atom. The molecule has 1 aliphatic rings. The maximum Gasteiger partial charge on any atom is 0.222 e. The van der Waals surface area contributed by atoms with Crippen LogP contribution in [-0.2, 0) is 0 Å². The van der Waals surface area contributed by atoms with Gasteiger partial charge in [-0.05, 0) is 28.8 Å². The molecule has 5 nitrogen and oxygen atoms in total. The van der Waals surface area contributed by atoms with Crippen molar-refractivity contribution in [1.82, 2.24) is 14.9 Å². The minimum Gasteiger partial charge on any atom is -0.351 e. The Morgan fingerprint density at radius 1 is 1.41 bits per heavy atom. The van der Waals surface area contributed by atoms with Gasteiger partial charge in [0.1, 0.15) is 0 Å². The number of halogens is 1. The van der Waals surface area contributed by atoms with Crippen molar-refractivity contribution in [3.63, 3.8) is 0 Å². The van der Waals surface area contributed by atoms with Crippen molar-refractivity contribution in [2.45, 2.75) is 18.9 Å². The smallest absolute Gasteiger partial charge is 0.222 e. The van der Waals surface area contributed by atoms with Crippen LogP contribution in [0.15, 0.2) is 16.9 Å². The molecule has 0 radical (unpaired) electrons. The molecule has 1 aromatic rings. The van der Waals surface area contributed by atoms with Crippen molar-refractivity contribution in [3.8, 4) is 6.07 Å². The molecule has 17 heavy (non-hydrogen) atoms. The summed E-state index contributed by atoms with van der Waals surface area (Å²) in [6, 6.07) is 2.59. The fraction of sp³-hybridized carbons (Fsp3) is 0.545. The number of hydrogen-bond donors (Lipinski definition) is 1. The summed E-state index contributed by atoms with van der Waals surface area (Å²) in [5.41, 5.74) is 0. The summed E-state index contributed by atoms with van der Waals surface area (Å²) in [6.07, 6.45) is 5.53. The van der Waals surface area contributed by atoms with Gasteiger partial charge >= 0.3 is 0 Å². The molecule has 0 unspecified atom stereocenters. The fourth-order valence-corrected chi connectivity index (χ4v) is 2.11. The Balaban J connectivity index is 1.82. The number of rotatable bonds is 3. The maximum atomic E-state index is 8.61. The Bertz CT molecular complexity index is 391. The van der Waals surface area contributed by atoms with Crippen LogP contribution < -0.4 is 5.32 Å². The van der Waals surface area contributed by atoms with Crippen molar-refractivity contribution in [1.29, 1.82) is 5.26 Å². The highest BCUT2D eigenvalue weighted by Gasteiger charge is 2.19. The summed E-state index contributed by atoms with van der Waals surface area (Å²) in [7, 11) is 0. The number of nitrogens with zero attached hydrogens (tertiary/aromatic N) is 4. The van der Waals surface area contributed by atoms with Crippen LogP contribution in [0.3, 0.4) is 0 Å². The maximum absolute atomic E-state index is 8.61. The number of anilines is 1. The monoisotopic (exact) mass is 295 g/mol. The van der Waals surface area contributed by atoms with Crippen LogP contribution >= 0.6 is 15.9 Å². The third-order valence-corrected chi connectivity index (χ3v) is 3.24. The minimum absolute atomic E-state index is 0.408. The van der Waals surface area contributed by atoms with E-state index in [1.807, 2.05) is 0 Å². The lowest BCUT2D eigenvalue weighted by atomic mass is 10.1. The van der Waals surface area contributed by atoms with Crippen molar-refractivity contribution in [2.75, 3.05) is 25.0 Å². The lowest BCUT2D eigenvalue weighted by Gasteiger charge is -2.30. The van der Waals surface area contributed by atoms with Gasteiger partial charge in [0.2, 0.25) is 5.95 Å². The molecule has 1 fully saturated rings. The molecule has 0 saturated carbocycles. The van der Waals surface area contributed by atoms with Crippen molar-refractivity contribution in [2.24, 2.45) is 0 Å². The third kappa shape index (κ3) is 3.65. The highest BCUT2D eigenvalue weighted by Crippen LogP contribution is 2.14.